The maximum atomic E-state index is 9.72. The van der Waals surface area contributed by atoms with Crippen molar-refractivity contribution in [2.45, 2.75) is 0 Å². The van der Waals surface area contributed by atoms with Gasteiger partial charge in [-0.2, -0.15) is 0 Å². The molecule has 17 heavy (non-hydrogen) atoms. The quantitative estimate of drug-likeness (QED) is 0.821. The second kappa shape index (κ2) is 5.12. The predicted molar refractivity (Wildman–Crippen MR) is 66.1 cm³/mol. The largest absolute Gasteiger partial charge is 0.507 e. The molecule has 1 aromatic heterocycles. The third-order valence-electron chi connectivity index (χ3n) is 2.27. The number of benzene rings is 1. The number of aromatic hydroxyl groups is 1. The number of pyridine rings is 1. The summed E-state index contributed by atoms with van der Waals surface area (Å²) in [5.74, 6) is 0.727. The first kappa shape index (κ1) is 11.1. The van der Waals surface area contributed by atoms with Crippen molar-refractivity contribution in [1.82, 2.24) is 4.98 Å². The van der Waals surface area contributed by atoms with Crippen molar-refractivity contribution < 1.29 is 9.84 Å². The molecule has 0 amide bonds. The fourth-order valence-corrected chi connectivity index (χ4v) is 1.41. The number of phenols is 1. The van der Waals surface area contributed by atoms with E-state index in [0.29, 0.717) is 11.3 Å². The molecular weight excluding hydrogens is 216 g/mol. The second-order valence-corrected chi connectivity index (χ2v) is 3.36. The molecule has 0 radical (unpaired) electrons. The highest BCUT2D eigenvalue weighted by atomic mass is 16.5. The molecule has 1 N–H and O–H groups in total. The van der Waals surface area contributed by atoms with Crippen molar-refractivity contribution >= 4 is 11.9 Å². The Kier molecular flexibility index (Phi) is 3.35. The van der Waals surface area contributed by atoms with E-state index in [2.05, 4.69) is 9.98 Å². The van der Waals surface area contributed by atoms with E-state index >= 15 is 0 Å². The zero-order chi connectivity index (χ0) is 12.1. The number of hydrogen-bond donors (Lipinski definition) is 1. The minimum Gasteiger partial charge on any atom is -0.507 e. The number of nitrogens with zero attached hydrogens (tertiary/aromatic N) is 2. The standard InChI is InChI=1S/C13H12N2O2/c1-17-13-4-2-3-12(16)11(13)9-15-10-5-7-14-8-6-10/h2-9,16H,1H3. The van der Waals surface area contributed by atoms with Gasteiger partial charge in [0.15, 0.2) is 0 Å². The SMILES string of the molecule is COc1cccc(O)c1C=Nc1ccncc1. The van der Waals surface area contributed by atoms with Gasteiger partial charge in [0.25, 0.3) is 0 Å². The summed E-state index contributed by atoms with van der Waals surface area (Å²) in [4.78, 5) is 8.14. The van der Waals surface area contributed by atoms with Crippen molar-refractivity contribution in [3.63, 3.8) is 0 Å². The van der Waals surface area contributed by atoms with Crippen LogP contribution in [0, 0.1) is 0 Å². The van der Waals surface area contributed by atoms with E-state index in [9.17, 15) is 5.11 Å². The maximum absolute atomic E-state index is 9.72. The lowest BCUT2D eigenvalue weighted by molar-refractivity contribution is 0.406. The lowest BCUT2D eigenvalue weighted by atomic mass is 10.2. The van der Waals surface area contributed by atoms with Gasteiger partial charge >= 0.3 is 0 Å². The Morgan fingerprint density at radius 3 is 2.71 bits per heavy atom. The van der Waals surface area contributed by atoms with Gasteiger partial charge in [-0.25, -0.2) is 0 Å². The monoisotopic (exact) mass is 228 g/mol. The van der Waals surface area contributed by atoms with Gasteiger partial charge in [0.2, 0.25) is 0 Å². The number of aliphatic imine (C=N–C) groups is 1. The average molecular weight is 228 g/mol. The first-order valence-electron chi connectivity index (χ1n) is 5.11. The highest BCUT2D eigenvalue weighted by molar-refractivity contribution is 5.88. The smallest absolute Gasteiger partial charge is 0.131 e. The van der Waals surface area contributed by atoms with Crippen LogP contribution in [0.4, 0.5) is 5.69 Å². The topological polar surface area (TPSA) is 54.7 Å². The molecule has 0 bridgehead atoms. The van der Waals surface area contributed by atoms with Gasteiger partial charge in [0.05, 0.1) is 18.4 Å². The van der Waals surface area contributed by atoms with Gasteiger partial charge in [-0.3, -0.25) is 9.98 Å². The summed E-state index contributed by atoms with van der Waals surface area (Å²) in [5.41, 5.74) is 1.33. The molecule has 0 aliphatic rings. The third kappa shape index (κ3) is 2.60. The second-order valence-electron chi connectivity index (χ2n) is 3.36. The molecule has 0 saturated heterocycles. The summed E-state index contributed by atoms with van der Waals surface area (Å²) in [6, 6.07) is 8.65. The maximum Gasteiger partial charge on any atom is 0.131 e. The van der Waals surface area contributed by atoms with Gasteiger partial charge < -0.3 is 9.84 Å². The molecule has 0 atom stereocenters. The summed E-state index contributed by atoms with van der Waals surface area (Å²) in [5, 5.41) is 9.72. The van der Waals surface area contributed by atoms with E-state index in [1.807, 2.05) is 0 Å². The molecule has 0 spiro atoms. The van der Waals surface area contributed by atoms with Crippen LogP contribution < -0.4 is 4.74 Å². The Labute approximate surface area is 99.2 Å². The zero-order valence-electron chi connectivity index (χ0n) is 9.37. The fraction of sp³-hybridized carbons (Fsp3) is 0.0769. The van der Waals surface area contributed by atoms with E-state index in [4.69, 9.17) is 4.74 Å². The first-order valence-corrected chi connectivity index (χ1v) is 5.11. The number of aromatic nitrogens is 1. The molecule has 2 rings (SSSR count). The highest BCUT2D eigenvalue weighted by Crippen LogP contribution is 2.25. The minimum atomic E-state index is 0.141. The molecule has 0 saturated carbocycles. The van der Waals surface area contributed by atoms with Crippen LogP contribution in [0.25, 0.3) is 0 Å². The Morgan fingerprint density at radius 1 is 1.24 bits per heavy atom. The first-order chi connectivity index (χ1) is 8.31. The zero-order valence-corrected chi connectivity index (χ0v) is 9.37. The Bertz CT molecular complexity index is 524. The number of rotatable bonds is 3. The molecular formula is C13H12N2O2. The molecule has 4 heteroatoms. The van der Waals surface area contributed by atoms with Crippen molar-refractivity contribution in [2.75, 3.05) is 7.11 Å². The number of phenolic OH excluding ortho intramolecular Hbond substituents is 1. The third-order valence-corrected chi connectivity index (χ3v) is 2.27. The summed E-state index contributed by atoms with van der Waals surface area (Å²) in [6.07, 6.45) is 4.90. The van der Waals surface area contributed by atoms with Crippen LogP contribution in [0.2, 0.25) is 0 Å². The Morgan fingerprint density at radius 2 is 2.00 bits per heavy atom. The van der Waals surface area contributed by atoms with Crippen LogP contribution in [0.1, 0.15) is 5.56 Å². The van der Waals surface area contributed by atoms with Crippen LogP contribution in [0.15, 0.2) is 47.7 Å². The van der Waals surface area contributed by atoms with Crippen molar-refractivity contribution in [3.8, 4) is 11.5 Å². The van der Waals surface area contributed by atoms with Crippen LogP contribution in [-0.2, 0) is 0 Å². The van der Waals surface area contributed by atoms with E-state index < -0.39 is 0 Å². The minimum absolute atomic E-state index is 0.141. The molecule has 86 valence electrons. The summed E-state index contributed by atoms with van der Waals surface area (Å²) < 4.78 is 5.15. The molecule has 1 heterocycles. The van der Waals surface area contributed by atoms with E-state index in [0.717, 1.165) is 5.69 Å². The molecule has 1 aromatic carbocycles. The van der Waals surface area contributed by atoms with Crippen LogP contribution >= 0.6 is 0 Å². The molecule has 0 fully saturated rings. The summed E-state index contributed by atoms with van der Waals surface area (Å²) in [6.45, 7) is 0. The normalized spacial score (nSPS) is 10.6. The van der Waals surface area contributed by atoms with E-state index in [-0.39, 0.29) is 5.75 Å². The van der Waals surface area contributed by atoms with Crippen molar-refractivity contribution in [3.05, 3.63) is 48.3 Å². The summed E-state index contributed by atoms with van der Waals surface area (Å²) in [7, 11) is 1.55. The van der Waals surface area contributed by atoms with Gasteiger partial charge in [-0.05, 0) is 24.3 Å². The van der Waals surface area contributed by atoms with Gasteiger partial charge in [-0.15, -0.1) is 0 Å². The van der Waals surface area contributed by atoms with Gasteiger partial charge in [-0.1, -0.05) is 6.07 Å². The Hall–Kier alpha value is -2.36. The van der Waals surface area contributed by atoms with Crippen LogP contribution in [-0.4, -0.2) is 23.4 Å². The molecule has 0 aliphatic heterocycles. The van der Waals surface area contributed by atoms with Crippen LogP contribution in [0.3, 0.4) is 0 Å². The predicted octanol–water partition coefficient (Wildman–Crippen LogP) is 2.55. The van der Waals surface area contributed by atoms with Crippen molar-refractivity contribution in [1.29, 1.82) is 0 Å². The molecule has 2 aromatic rings. The van der Waals surface area contributed by atoms with Crippen LogP contribution in [0.5, 0.6) is 11.5 Å². The fourth-order valence-electron chi connectivity index (χ4n) is 1.41. The van der Waals surface area contributed by atoms with E-state index in [1.165, 1.54) is 0 Å². The average Bonchev–Trinajstić information content (AvgIpc) is 2.38. The highest BCUT2D eigenvalue weighted by Gasteiger charge is 2.04. The Balaban J connectivity index is 2.33. The van der Waals surface area contributed by atoms with E-state index in [1.54, 1.807) is 56.0 Å². The number of ether oxygens (including phenoxy) is 1. The van der Waals surface area contributed by atoms with Crippen molar-refractivity contribution in [2.24, 2.45) is 4.99 Å². The molecule has 4 nitrogen and oxygen atoms in total. The van der Waals surface area contributed by atoms with Gasteiger partial charge in [0.1, 0.15) is 11.5 Å². The molecule has 0 aliphatic carbocycles. The molecule has 0 unspecified atom stereocenters. The lowest BCUT2D eigenvalue weighted by Gasteiger charge is -2.05. The van der Waals surface area contributed by atoms with Gasteiger partial charge in [0, 0.05) is 18.6 Å². The lowest BCUT2D eigenvalue weighted by Crippen LogP contribution is -1.90. The summed E-state index contributed by atoms with van der Waals surface area (Å²) >= 11 is 0. The number of hydrogen-bond acceptors (Lipinski definition) is 4. The number of methoxy groups -OCH3 is 1.